The van der Waals surface area contributed by atoms with Gasteiger partial charge in [-0.1, -0.05) is 72.8 Å². The summed E-state index contributed by atoms with van der Waals surface area (Å²) in [6.45, 7) is 9.55. The Morgan fingerprint density at radius 3 is 2.05 bits per heavy atom. The maximum atomic E-state index is 14.4. The molecule has 2 aromatic carbocycles. The fourth-order valence-electron chi connectivity index (χ4n) is 6.96. The monoisotopic (exact) mass is 573 g/mol. The van der Waals surface area contributed by atoms with Gasteiger partial charge in [0.2, 0.25) is 17.7 Å². The molecule has 5 rings (SSSR count). The molecule has 216 valence electrons. The third-order valence-corrected chi connectivity index (χ3v) is 10.6. The van der Waals surface area contributed by atoms with E-state index in [9.17, 15) is 19.5 Å². The number of nitrogens with zero attached hydrogens (tertiary/aromatic N) is 3. The summed E-state index contributed by atoms with van der Waals surface area (Å²) in [7, 11) is 0. The molecule has 2 aromatic rings. The lowest BCUT2D eigenvalue weighted by Gasteiger charge is -2.37. The quantitative estimate of drug-likeness (QED) is 0.368. The number of hydrogen-bond acceptors (Lipinski definition) is 5. The molecule has 0 radical (unpaired) electrons. The number of likely N-dealkylation sites (tertiary alicyclic amines) is 1. The van der Waals surface area contributed by atoms with E-state index in [0.717, 1.165) is 17.5 Å². The second kappa shape index (κ2) is 12.7. The second-order valence-electron chi connectivity index (χ2n) is 11.2. The van der Waals surface area contributed by atoms with Crippen LogP contribution < -0.4 is 0 Å². The average Bonchev–Trinajstić information content (AvgIpc) is 3.63. The molecular weight excluding hydrogens is 534 g/mol. The number of hydrogen-bond donors (Lipinski definition) is 1. The fraction of sp³-hybridized carbons (Fsp3) is 0.424. The zero-order chi connectivity index (χ0) is 29.0. The fourth-order valence-corrected chi connectivity index (χ4v) is 9.17. The predicted octanol–water partition coefficient (Wildman–Crippen LogP) is 3.89. The molecule has 3 aliphatic rings. The van der Waals surface area contributed by atoms with E-state index < -0.39 is 22.6 Å². The summed E-state index contributed by atoms with van der Waals surface area (Å²) in [5.74, 6) is -1.37. The van der Waals surface area contributed by atoms with Gasteiger partial charge >= 0.3 is 0 Å². The number of rotatable bonds is 13. The van der Waals surface area contributed by atoms with Crippen LogP contribution in [0.4, 0.5) is 0 Å². The summed E-state index contributed by atoms with van der Waals surface area (Å²) in [5, 5.41) is 9.63. The highest BCUT2D eigenvalue weighted by Gasteiger charge is 2.74. The highest BCUT2D eigenvalue weighted by atomic mass is 32.2. The Bertz CT molecular complexity index is 1270. The Morgan fingerprint density at radius 1 is 0.951 bits per heavy atom. The SMILES string of the molecule is C=CCN(Cc1ccccc1)C(=O)C1N(CCCO)C(=O)[C@@H]2[C@H](C(=O)N(CC=C)Cc3ccccc3)[C@@H]3CCC12S3. The number of amides is 3. The largest absolute Gasteiger partial charge is 0.396 e. The minimum atomic E-state index is -0.690. The van der Waals surface area contributed by atoms with Gasteiger partial charge in [-0.05, 0) is 30.4 Å². The van der Waals surface area contributed by atoms with Crippen LogP contribution in [0.1, 0.15) is 30.4 Å². The van der Waals surface area contributed by atoms with Crippen LogP contribution in [-0.2, 0) is 27.5 Å². The molecule has 3 aliphatic heterocycles. The number of carbonyl (C=O) groups excluding carboxylic acids is 3. The maximum absolute atomic E-state index is 14.4. The van der Waals surface area contributed by atoms with Crippen molar-refractivity contribution in [2.45, 2.75) is 48.4 Å². The van der Waals surface area contributed by atoms with Gasteiger partial charge in [0.05, 0.1) is 16.6 Å². The molecule has 0 aliphatic carbocycles. The molecule has 1 N–H and O–H groups in total. The molecule has 3 amide bonds. The number of thioether (sulfide) groups is 1. The van der Waals surface area contributed by atoms with Gasteiger partial charge in [-0.3, -0.25) is 14.4 Å². The molecule has 1 spiro atoms. The minimum Gasteiger partial charge on any atom is -0.396 e. The van der Waals surface area contributed by atoms with Crippen LogP contribution in [0.3, 0.4) is 0 Å². The highest BCUT2D eigenvalue weighted by molar-refractivity contribution is 8.02. The van der Waals surface area contributed by atoms with Gasteiger partial charge in [-0.15, -0.1) is 24.9 Å². The van der Waals surface area contributed by atoms with E-state index in [0.29, 0.717) is 39.0 Å². The van der Waals surface area contributed by atoms with Crippen molar-refractivity contribution in [3.05, 3.63) is 97.1 Å². The lowest BCUT2D eigenvalue weighted by atomic mass is 9.70. The van der Waals surface area contributed by atoms with E-state index >= 15 is 0 Å². The van der Waals surface area contributed by atoms with Crippen LogP contribution in [-0.4, -0.2) is 79.8 Å². The Labute approximate surface area is 246 Å². The molecule has 5 atom stereocenters. The number of aliphatic hydroxyl groups is 1. The lowest BCUT2D eigenvalue weighted by Crippen LogP contribution is -2.55. The first-order valence-electron chi connectivity index (χ1n) is 14.4. The summed E-state index contributed by atoms with van der Waals surface area (Å²) in [6, 6.07) is 19.0. The van der Waals surface area contributed by atoms with Crippen LogP contribution in [0.15, 0.2) is 86.0 Å². The van der Waals surface area contributed by atoms with E-state index in [2.05, 4.69) is 13.2 Å². The Hall–Kier alpha value is -3.36. The lowest BCUT2D eigenvalue weighted by molar-refractivity contribution is -0.145. The van der Waals surface area contributed by atoms with Crippen molar-refractivity contribution >= 4 is 29.5 Å². The smallest absolute Gasteiger partial charge is 0.247 e. The van der Waals surface area contributed by atoms with Gasteiger partial charge in [0.15, 0.2) is 0 Å². The summed E-state index contributed by atoms with van der Waals surface area (Å²) in [4.78, 5) is 48.1. The van der Waals surface area contributed by atoms with Gasteiger partial charge in [-0.25, -0.2) is 0 Å². The van der Waals surface area contributed by atoms with Crippen LogP contribution in [0, 0.1) is 11.8 Å². The van der Waals surface area contributed by atoms with Crippen LogP contribution in [0.2, 0.25) is 0 Å². The minimum absolute atomic E-state index is 0.0168. The van der Waals surface area contributed by atoms with Gasteiger partial charge in [0.25, 0.3) is 0 Å². The standard InChI is InChI=1S/C33H39N3O4S/c1-3-18-34(22-24-12-7-5-8-13-24)30(38)27-26-16-17-33(41-26)28(27)31(39)36(20-11-21-37)29(33)32(40)35(19-4-2)23-25-14-9-6-10-15-25/h3-10,12-15,26-29,37H,1-2,11,16-23H2/t26-,27+,28-,29?,33?/m0/s1. The van der Waals surface area contributed by atoms with Crippen molar-refractivity contribution in [1.29, 1.82) is 0 Å². The summed E-state index contributed by atoms with van der Waals surface area (Å²) in [5.41, 5.74) is 2.02. The summed E-state index contributed by atoms with van der Waals surface area (Å²) in [6.07, 6.45) is 5.32. The molecule has 3 saturated heterocycles. The van der Waals surface area contributed by atoms with Gasteiger partial charge < -0.3 is 19.8 Å². The molecule has 41 heavy (non-hydrogen) atoms. The third kappa shape index (κ3) is 5.47. The van der Waals surface area contributed by atoms with Crippen molar-refractivity contribution in [2.75, 3.05) is 26.2 Å². The Morgan fingerprint density at radius 2 is 1.51 bits per heavy atom. The molecule has 8 heteroatoms. The van der Waals surface area contributed by atoms with Crippen molar-refractivity contribution < 1.29 is 19.5 Å². The number of benzene rings is 2. The predicted molar refractivity (Wildman–Crippen MR) is 162 cm³/mol. The summed E-state index contributed by atoms with van der Waals surface area (Å²) < 4.78 is -0.669. The summed E-state index contributed by atoms with van der Waals surface area (Å²) >= 11 is 1.68. The first-order valence-corrected chi connectivity index (χ1v) is 15.3. The zero-order valence-corrected chi connectivity index (χ0v) is 24.3. The maximum Gasteiger partial charge on any atom is 0.247 e. The zero-order valence-electron chi connectivity index (χ0n) is 23.4. The van der Waals surface area contributed by atoms with Crippen molar-refractivity contribution in [2.24, 2.45) is 11.8 Å². The molecule has 0 aromatic heterocycles. The molecular formula is C33H39N3O4S. The van der Waals surface area contributed by atoms with Crippen LogP contribution in [0.5, 0.6) is 0 Å². The van der Waals surface area contributed by atoms with E-state index in [1.165, 1.54) is 0 Å². The van der Waals surface area contributed by atoms with Crippen molar-refractivity contribution in [3.63, 3.8) is 0 Å². The molecule has 7 nitrogen and oxygen atoms in total. The van der Waals surface area contributed by atoms with Gasteiger partial charge in [0.1, 0.15) is 6.04 Å². The molecule has 2 bridgehead atoms. The molecule has 3 heterocycles. The normalized spacial score (nSPS) is 26.1. The first-order chi connectivity index (χ1) is 19.9. The van der Waals surface area contributed by atoms with Crippen molar-refractivity contribution in [3.8, 4) is 0 Å². The Kier molecular flexibility index (Phi) is 9.00. The average molecular weight is 574 g/mol. The Balaban J connectivity index is 1.48. The van der Waals surface area contributed by atoms with Crippen LogP contribution in [0.25, 0.3) is 0 Å². The number of fused-ring (bicyclic) bond motifs is 1. The van der Waals surface area contributed by atoms with E-state index in [-0.39, 0.29) is 36.1 Å². The van der Waals surface area contributed by atoms with E-state index in [1.807, 2.05) is 60.7 Å². The second-order valence-corrected chi connectivity index (χ2v) is 12.8. The topological polar surface area (TPSA) is 81.2 Å². The number of aliphatic hydroxyl groups excluding tert-OH is 1. The first kappa shape index (κ1) is 29.1. The van der Waals surface area contributed by atoms with E-state index in [1.54, 1.807) is 38.6 Å². The van der Waals surface area contributed by atoms with Gasteiger partial charge in [0, 0.05) is 44.6 Å². The third-order valence-electron chi connectivity index (χ3n) is 8.63. The molecule has 2 unspecified atom stereocenters. The van der Waals surface area contributed by atoms with E-state index in [4.69, 9.17) is 0 Å². The molecule has 0 saturated carbocycles. The molecule has 3 fully saturated rings. The highest BCUT2D eigenvalue weighted by Crippen LogP contribution is 2.66. The van der Waals surface area contributed by atoms with Crippen LogP contribution >= 0.6 is 11.8 Å². The van der Waals surface area contributed by atoms with Gasteiger partial charge in [-0.2, -0.15) is 0 Å². The van der Waals surface area contributed by atoms with Crippen molar-refractivity contribution in [1.82, 2.24) is 14.7 Å². The number of carbonyl (C=O) groups is 3.